The van der Waals surface area contributed by atoms with E-state index in [-0.39, 0.29) is 17.7 Å². The number of nitrogens with one attached hydrogen (secondary N) is 2. The quantitative estimate of drug-likeness (QED) is 0.726. The predicted molar refractivity (Wildman–Crippen MR) is 70.2 cm³/mol. The number of imidazole rings is 1. The predicted octanol–water partition coefficient (Wildman–Crippen LogP) is 0.306. The van der Waals surface area contributed by atoms with Gasteiger partial charge in [-0.15, -0.1) is 0 Å². The second-order valence-electron chi connectivity index (χ2n) is 4.84. The number of aryl methyl sites for hydroxylation is 1. The Morgan fingerprint density at radius 2 is 2.42 bits per heavy atom. The Labute approximate surface area is 112 Å². The Hall–Kier alpha value is -1.85. The maximum Gasteiger partial charge on any atom is 0.224 e. The van der Waals surface area contributed by atoms with Crippen LogP contribution >= 0.6 is 0 Å². The fourth-order valence-corrected chi connectivity index (χ4v) is 2.15. The summed E-state index contributed by atoms with van der Waals surface area (Å²) in [6, 6.07) is 0. The first-order valence-electron chi connectivity index (χ1n) is 6.76. The van der Waals surface area contributed by atoms with Crippen LogP contribution in [0.5, 0.6) is 0 Å². The molecule has 1 fully saturated rings. The van der Waals surface area contributed by atoms with Crippen molar-refractivity contribution in [1.82, 2.24) is 20.2 Å². The number of hydrogen-bond acceptors (Lipinski definition) is 3. The molecule has 2 heterocycles. The number of carbonyl (C=O) groups is 2. The Kier molecular flexibility index (Phi) is 4.94. The topological polar surface area (TPSA) is 76.0 Å². The largest absolute Gasteiger partial charge is 0.356 e. The molecule has 1 saturated heterocycles. The van der Waals surface area contributed by atoms with Crippen LogP contribution in [-0.2, 0) is 16.1 Å². The third-order valence-corrected chi connectivity index (χ3v) is 3.34. The molecule has 1 atom stereocenters. The van der Waals surface area contributed by atoms with Gasteiger partial charge in [0.25, 0.3) is 0 Å². The Bertz CT molecular complexity index is 406. The second-order valence-corrected chi connectivity index (χ2v) is 4.84. The third kappa shape index (κ3) is 4.39. The Morgan fingerprint density at radius 1 is 1.53 bits per heavy atom. The van der Waals surface area contributed by atoms with Gasteiger partial charge >= 0.3 is 0 Å². The molecule has 2 amide bonds. The van der Waals surface area contributed by atoms with Gasteiger partial charge in [0, 0.05) is 38.4 Å². The van der Waals surface area contributed by atoms with Crippen LogP contribution in [0.1, 0.15) is 25.7 Å². The third-order valence-electron chi connectivity index (χ3n) is 3.34. The summed E-state index contributed by atoms with van der Waals surface area (Å²) in [5.41, 5.74) is 0. The average Bonchev–Trinajstić information content (AvgIpc) is 2.92. The Morgan fingerprint density at radius 3 is 3.11 bits per heavy atom. The number of rotatable bonds is 6. The van der Waals surface area contributed by atoms with E-state index in [1.165, 1.54) is 0 Å². The Balaban J connectivity index is 1.55. The minimum Gasteiger partial charge on any atom is -0.356 e. The molecule has 1 aromatic heterocycles. The van der Waals surface area contributed by atoms with E-state index in [0.29, 0.717) is 25.9 Å². The van der Waals surface area contributed by atoms with Crippen molar-refractivity contribution in [2.75, 3.05) is 13.1 Å². The smallest absolute Gasteiger partial charge is 0.224 e. The van der Waals surface area contributed by atoms with Gasteiger partial charge in [0.05, 0.1) is 12.2 Å². The lowest BCUT2D eigenvalue weighted by molar-refractivity contribution is -0.128. The summed E-state index contributed by atoms with van der Waals surface area (Å²) in [6.45, 7) is 2.09. The molecule has 6 heteroatoms. The number of piperidine rings is 1. The molecule has 2 N–H and O–H groups in total. The van der Waals surface area contributed by atoms with E-state index in [1.54, 1.807) is 12.5 Å². The number of unbranched alkanes of at least 4 members (excludes halogenated alkanes) is 1. The highest BCUT2D eigenvalue weighted by Gasteiger charge is 2.23. The summed E-state index contributed by atoms with van der Waals surface area (Å²) in [5, 5.41) is 5.66. The van der Waals surface area contributed by atoms with Gasteiger partial charge in [0.15, 0.2) is 0 Å². The standard InChI is InChI=1S/C13H20N4O2/c18-12-4-3-11(9-16-12)13(19)15-5-1-2-7-17-8-6-14-10-17/h6,8,10-11H,1-5,7,9H2,(H,15,19)(H,16,18). The lowest BCUT2D eigenvalue weighted by Gasteiger charge is -2.21. The highest BCUT2D eigenvalue weighted by molar-refractivity contribution is 5.83. The van der Waals surface area contributed by atoms with Gasteiger partial charge < -0.3 is 15.2 Å². The number of amides is 2. The summed E-state index contributed by atoms with van der Waals surface area (Å²) in [6.07, 6.45) is 8.57. The molecule has 104 valence electrons. The molecule has 0 bridgehead atoms. The molecule has 0 spiro atoms. The van der Waals surface area contributed by atoms with Crippen molar-refractivity contribution in [3.05, 3.63) is 18.7 Å². The van der Waals surface area contributed by atoms with Gasteiger partial charge in [0.2, 0.25) is 11.8 Å². The molecule has 1 aromatic rings. The second kappa shape index (κ2) is 6.92. The number of aromatic nitrogens is 2. The molecular formula is C13H20N4O2. The van der Waals surface area contributed by atoms with E-state index >= 15 is 0 Å². The van der Waals surface area contributed by atoms with Crippen molar-refractivity contribution in [2.45, 2.75) is 32.2 Å². The van der Waals surface area contributed by atoms with Crippen molar-refractivity contribution >= 4 is 11.8 Å². The lowest BCUT2D eigenvalue weighted by Crippen LogP contribution is -2.43. The molecule has 6 nitrogen and oxygen atoms in total. The van der Waals surface area contributed by atoms with Crippen LogP contribution in [0.15, 0.2) is 18.7 Å². The SMILES string of the molecule is O=C1CCC(C(=O)NCCCCn2ccnc2)CN1. The summed E-state index contributed by atoms with van der Waals surface area (Å²) < 4.78 is 2.03. The summed E-state index contributed by atoms with van der Waals surface area (Å²) in [4.78, 5) is 26.8. The zero-order valence-corrected chi connectivity index (χ0v) is 11.0. The number of carbonyl (C=O) groups excluding carboxylic acids is 2. The first-order chi connectivity index (χ1) is 9.25. The molecular weight excluding hydrogens is 244 g/mol. The molecule has 0 aliphatic carbocycles. The van der Waals surface area contributed by atoms with Crippen LogP contribution in [0.3, 0.4) is 0 Å². The van der Waals surface area contributed by atoms with Gasteiger partial charge in [-0.05, 0) is 19.3 Å². The molecule has 1 aliphatic rings. The molecule has 1 aliphatic heterocycles. The van der Waals surface area contributed by atoms with Gasteiger partial charge in [-0.2, -0.15) is 0 Å². The van der Waals surface area contributed by atoms with Crippen LogP contribution in [0.2, 0.25) is 0 Å². The minimum atomic E-state index is -0.0636. The lowest BCUT2D eigenvalue weighted by atomic mass is 9.98. The highest BCUT2D eigenvalue weighted by atomic mass is 16.2. The van der Waals surface area contributed by atoms with E-state index < -0.39 is 0 Å². The van der Waals surface area contributed by atoms with E-state index in [2.05, 4.69) is 15.6 Å². The van der Waals surface area contributed by atoms with Crippen LogP contribution in [-0.4, -0.2) is 34.5 Å². The average molecular weight is 264 g/mol. The summed E-state index contributed by atoms with van der Waals surface area (Å²) in [7, 11) is 0. The van der Waals surface area contributed by atoms with Crippen LogP contribution in [0, 0.1) is 5.92 Å². The van der Waals surface area contributed by atoms with Crippen molar-refractivity contribution in [3.63, 3.8) is 0 Å². The fraction of sp³-hybridized carbons (Fsp3) is 0.615. The first-order valence-corrected chi connectivity index (χ1v) is 6.76. The van der Waals surface area contributed by atoms with Gasteiger partial charge in [-0.1, -0.05) is 0 Å². The van der Waals surface area contributed by atoms with Crippen LogP contribution < -0.4 is 10.6 Å². The van der Waals surface area contributed by atoms with Crippen molar-refractivity contribution in [2.24, 2.45) is 5.92 Å². The molecule has 0 saturated carbocycles. The van der Waals surface area contributed by atoms with E-state index in [4.69, 9.17) is 0 Å². The number of hydrogen-bond donors (Lipinski definition) is 2. The fourth-order valence-electron chi connectivity index (χ4n) is 2.15. The van der Waals surface area contributed by atoms with Crippen molar-refractivity contribution < 1.29 is 9.59 Å². The first kappa shape index (κ1) is 13.6. The zero-order chi connectivity index (χ0) is 13.5. The minimum absolute atomic E-state index is 0.0457. The highest BCUT2D eigenvalue weighted by Crippen LogP contribution is 2.10. The zero-order valence-electron chi connectivity index (χ0n) is 11.0. The molecule has 19 heavy (non-hydrogen) atoms. The van der Waals surface area contributed by atoms with Gasteiger partial charge in [-0.3, -0.25) is 9.59 Å². The molecule has 1 unspecified atom stereocenters. The van der Waals surface area contributed by atoms with Gasteiger partial charge in [0.1, 0.15) is 0 Å². The maximum absolute atomic E-state index is 11.8. The summed E-state index contributed by atoms with van der Waals surface area (Å²) in [5.74, 6) is 0.0401. The van der Waals surface area contributed by atoms with Crippen molar-refractivity contribution in [1.29, 1.82) is 0 Å². The van der Waals surface area contributed by atoms with Gasteiger partial charge in [-0.25, -0.2) is 4.98 Å². The van der Waals surface area contributed by atoms with E-state index in [0.717, 1.165) is 19.4 Å². The molecule has 0 aromatic carbocycles. The van der Waals surface area contributed by atoms with Crippen LogP contribution in [0.25, 0.3) is 0 Å². The number of nitrogens with zero attached hydrogens (tertiary/aromatic N) is 2. The monoisotopic (exact) mass is 264 g/mol. The molecule has 0 radical (unpaired) electrons. The van der Waals surface area contributed by atoms with Crippen molar-refractivity contribution in [3.8, 4) is 0 Å². The van der Waals surface area contributed by atoms with Crippen LogP contribution in [0.4, 0.5) is 0 Å². The van der Waals surface area contributed by atoms with E-state index in [9.17, 15) is 9.59 Å². The van der Waals surface area contributed by atoms with E-state index in [1.807, 2.05) is 10.8 Å². The normalized spacial score (nSPS) is 18.9. The summed E-state index contributed by atoms with van der Waals surface area (Å²) >= 11 is 0. The molecule has 2 rings (SSSR count). The maximum atomic E-state index is 11.8.